The van der Waals surface area contributed by atoms with Crippen molar-refractivity contribution in [3.05, 3.63) is 64.6 Å². The number of amides is 1. The van der Waals surface area contributed by atoms with E-state index in [0.29, 0.717) is 23.8 Å². The third-order valence-corrected chi connectivity index (χ3v) is 7.26. The molecule has 4 atom stereocenters. The fourth-order valence-corrected chi connectivity index (χ4v) is 5.42. The minimum Gasteiger partial charge on any atom is -0.611 e. The Hall–Kier alpha value is -1.56. The first-order valence-corrected chi connectivity index (χ1v) is 12.2. The molecule has 0 aliphatic heterocycles. The van der Waals surface area contributed by atoms with Crippen molar-refractivity contribution in [2.75, 3.05) is 11.1 Å². The first kappa shape index (κ1) is 24.1. The predicted molar refractivity (Wildman–Crippen MR) is 123 cm³/mol. The summed E-state index contributed by atoms with van der Waals surface area (Å²) in [4.78, 5) is 13.2. The quantitative estimate of drug-likeness (QED) is 0.364. The van der Waals surface area contributed by atoms with Crippen LogP contribution in [0.3, 0.4) is 0 Å². The number of hydrogen-bond donors (Lipinski definition) is 1. The molecular formula is C23H27F3NO2PS. The van der Waals surface area contributed by atoms with E-state index in [0.717, 1.165) is 30.2 Å². The minimum atomic E-state index is -3.27. The lowest BCUT2D eigenvalue weighted by Crippen LogP contribution is -2.26. The number of carbonyl (C=O) groups is 1. The Morgan fingerprint density at radius 2 is 1.94 bits per heavy atom. The van der Waals surface area contributed by atoms with E-state index in [2.05, 4.69) is 5.32 Å². The highest BCUT2D eigenvalue weighted by molar-refractivity contribution is 7.95. The lowest BCUT2D eigenvalue weighted by molar-refractivity contribution is -0.115. The molecule has 2 aliphatic carbocycles. The van der Waals surface area contributed by atoms with Gasteiger partial charge in [-0.15, -0.1) is 0 Å². The first-order valence-electron chi connectivity index (χ1n) is 10.3. The van der Waals surface area contributed by atoms with Gasteiger partial charge < -0.3 is 9.87 Å². The van der Waals surface area contributed by atoms with Crippen molar-refractivity contribution in [2.24, 2.45) is 5.92 Å². The van der Waals surface area contributed by atoms with E-state index in [1.165, 1.54) is 33.5 Å². The third kappa shape index (κ3) is 7.23. The van der Waals surface area contributed by atoms with Crippen LogP contribution in [0.2, 0.25) is 0 Å². The van der Waals surface area contributed by atoms with Crippen LogP contribution in [0.1, 0.15) is 44.1 Å². The number of anilines is 1. The molecule has 31 heavy (non-hydrogen) atoms. The van der Waals surface area contributed by atoms with Gasteiger partial charge in [-0.3, -0.25) is 4.79 Å². The van der Waals surface area contributed by atoms with Gasteiger partial charge in [0.15, 0.2) is 0 Å². The van der Waals surface area contributed by atoms with Crippen molar-refractivity contribution < 1.29 is 22.5 Å². The van der Waals surface area contributed by atoms with Crippen molar-refractivity contribution in [3.63, 3.8) is 0 Å². The highest BCUT2D eigenvalue weighted by Gasteiger charge is 2.39. The van der Waals surface area contributed by atoms with Crippen LogP contribution in [-0.4, -0.2) is 28.0 Å². The zero-order valence-electron chi connectivity index (χ0n) is 17.3. The third-order valence-electron chi connectivity index (χ3n) is 5.30. The molecule has 1 aromatic carbocycles. The Bertz CT molecular complexity index is 874. The van der Waals surface area contributed by atoms with Crippen molar-refractivity contribution in [3.8, 4) is 0 Å². The van der Waals surface area contributed by atoms with Gasteiger partial charge in [-0.25, -0.2) is 13.2 Å². The van der Waals surface area contributed by atoms with Crippen LogP contribution < -0.4 is 5.32 Å². The minimum absolute atomic E-state index is 0.141. The van der Waals surface area contributed by atoms with Crippen molar-refractivity contribution in [2.45, 2.75) is 50.4 Å². The predicted octanol–water partition coefficient (Wildman–Crippen LogP) is 5.85. The number of rotatable bonds is 9. The monoisotopic (exact) mass is 469 g/mol. The van der Waals surface area contributed by atoms with Gasteiger partial charge in [0, 0.05) is 11.6 Å². The first-order chi connectivity index (χ1) is 14.6. The molecule has 1 amide bonds. The van der Waals surface area contributed by atoms with E-state index in [1.54, 1.807) is 0 Å². The second-order valence-corrected chi connectivity index (χ2v) is 10.4. The average Bonchev–Trinajstić information content (AvgIpc) is 3.49. The summed E-state index contributed by atoms with van der Waals surface area (Å²) in [6.45, 7) is 1.11. The molecule has 3 rings (SSSR count). The molecule has 0 aromatic heterocycles. The van der Waals surface area contributed by atoms with Gasteiger partial charge in [0.1, 0.15) is 16.8 Å². The molecular weight excluding hydrogens is 442 g/mol. The summed E-state index contributed by atoms with van der Waals surface area (Å²) in [6.07, 6.45) is 8.84. The maximum atomic E-state index is 13.7. The average molecular weight is 470 g/mol. The van der Waals surface area contributed by atoms with Crippen LogP contribution in [0, 0.1) is 5.92 Å². The van der Waals surface area contributed by atoms with E-state index in [4.69, 9.17) is 0 Å². The highest BCUT2D eigenvalue weighted by Crippen LogP contribution is 2.42. The molecule has 8 heteroatoms. The molecule has 0 bridgehead atoms. The van der Waals surface area contributed by atoms with Gasteiger partial charge in [0.25, 0.3) is 5.66 Å². The Balaban J connectivity index is 1.55. The number of halogens is 3. The molecule has 0 heterocycles. The summed E-state index contributed by atoms with van der Waals surface area (Å²) >= 11 is -1.00. The van der Waals surface area contributed by atoms with Crippen LogP contribution in [0.25, 0.3) is 0 Å². The molecule has 4 unspecified atom stereocenters. The summed E-state index contributed by atoms with van der Waals surface area (Å²) in [6, 6.07) is 5.81. The molecule has 2 aliphatic rings. The molecule has 3 nitrogen and oxygen atoms in total. The largest absolute Gasteiger partial charge is 0.611 e. The van der Waals surface area contributed by atoms with Crippen LogP contribution in [0.15, 0.2) is 59.0 Å². The van der Waals surface area contributed by atoms with Gasteiger partial charge >= 0.3 is 0 Å². The molecule has 0 radical (unpaired) electrons. The number of benzene rings is 1. The van der Waals surface area contributed by atoms with E-state index < -0.39 is 28.9 Å². The van der Waals surface area contributed by atoms with Crippen LogP contribution in [0.4, 0.5) is 18.9 Å². The Morgan fingerprint density at radius 3 is 2.52 bits per heavy atom. The van der Waals surface area contributed by atoms with E-state index in [1.807, 2.05) is 24.3 Å². The topological polar surface area (TPSA) is 52.2 Å². The summed E-state index contributed by atoms with van der Waals surface area (Å²) < 4.78 is 53.4. The van der Waals surface area contributed by atoms with Crippen molar-refractivity contribution in [1.82, 2.24) is 0 Å². The Morgan fingerprint density at radius 1 is 1.26 bits per heavy atom. The Labute approximate surface area is 186 Å². The number of alkyl halides is 3. The second-order valence-electron chi connectivity index (χ2n) is 8.09. The zero-order chi connectivity index (χ0) is 22.6. The SMILES string of the molecule is CC(F)C(c1ccc(NC(=O)CC2=CCC=C([S+]([O-])CC3CC3)C=C2)cc1)C(F)(F)P. The van der Waals surface area contributed by atoms with Crippen molar-refractivity contribution in [1.29, 1.82) is 0 Å². The number of carbonyl (C=O) groups excluding carboxylic acids is 1. The summed E-state index contributed by atoms with van der Waals surface area (Å²) in [5, 5.41) is 2.73. The number of nitrogens with one attached hydrogen (secondary N) is 1. The normalized spacial score (nSPS) is 19.7. The number of hydrogen-bond acceptors (Lipinski definition) is 2. The lowest BCUT2D eigenvalue weighted by atomic mass is 9.95. The van der Waals surface area contributed by atoms with E-state index >= 15 is 0 Å². The molecule has 0 saturated heterocycles. The summed E-state index contributed by atoms with van der Waals surface area (Å²) in [5.41, 5.74) is -1.83. The maximum Gasteiger partial charge on any atom is 0.268 e. The standard InChI is InChI=1S/C23H27F3NO2PS/c1-15(24)22(23(25,26)30)18-8-10-19(11-9-18)27-21(28)13-16-3-2-4-20(12-7-16)31(29)14-17-5-6-17/h3-4,7-12,15,17,22H,2,5-6,13-14,30H2,1H3,(H,27,28). The van der Waals surface area contributed by atoms with Gasteiger partial charge in [-0.05, 0) is 72.8 Å². The van der Waals surface area contributed by atoms with E-state index in [9.17, 15) is 22.5 Å². The van der Waals surface area contributed by atoms with Crippen molar-refractivity contribution >= 4 is 32.0 Å². The van der Waals surface area contributed by atoms with Gasteiger partial charge in [-0.2, -0.15) is 0 Å². The molecule has 1 saturated carbocycles. The highest BCUT2D eigenvalue weighted by atomic mass is 32.2. The van der Waals surface area contributed by atoms with Crippen LogP contribution in [0.5, 0.6) is 0 Å². The van der Waals surface area contributed by atoms with Crippen LogP contribution >= 0.6 is 9.24 Å². The van der Waals surface area contributed by atoms with Gasteiger partial charge in [0.2, 0.25) is 5.91 Å². The molecule has 1 N–H and O–H groups in total. The fraction of sp³-hybridized carbons (Fsp3) is 0.435. The van der Waals surface area contributed by atoms with E-state index in [-0.39, 0.29) is 17.9 Å². The van der Waals surface area contributed by atoms with Gasteiger partial charge in [0.05, 0.1) is 12.3 Å². The fourth-order valence-electron chi connectivity index (χ4n) is 3.50. The van der Waals surface area contributed by atoms with Gasteiger partial charge in [-0.1, -0.05) is 33.5 Å². The molecule has 0 spiro atoms. The molecule has 1 fully saturated rings. The lowest BCUT2D eigenvalue weighted by Gasteiger charge is -2.25. The Kier molecular flexibility index (Phi) is 8.06. The number of allylic oxidation sites excluding steroid dienone is 4. The molecule has 168 valence electrons. The van der Waals surface area contributed by atoms with Crippen LogP contribution in [-0.2, 0) is 16.0 Å². The second kappa shape index (κ2) is 10.4. The molecule has 1 aromatic rings. The smallest absolute Gasteiger partial charge is 0.268 e. The maximum absolute atomic E-state index is 13.7. The zero-order valence-corrected chi connectivity index (χ0v) is 19.3. The summed E-state index contributed by atoms with van der Waals surface area (Å²) in [7, 11) is 1.39. The summed E-state index contributed by atoms with van der Waals surface area (Å²) in [5.74, 6) is -0.547.